The van der Waals surface area contributed by atoms with Crippen LogP contribution >= 0.6 is 22.6 Å². The van der Waals surface area contributed by atoms with E-state index in [1.807, 2.05) is 22.9 Å². The van der Waals surface area contributed by atoms with E-state index in [2.05, 4.69) is 81.3 Å². The van der Waals surface area contributed by atoms with Crippen LogP contribution in [-0.4, -0.2) is 26.1 Å². The molecule has 0 atom stereocenters. The lowest BCUT2D eigenvalue weighted by Crippen LogP contribution is -1.94. The molecule has 0 saturated carbocycles. The third kappa shape index (κ3) is 3.58. The molecule has 2 aromatic heterocycles. The van der Waals surface area contributed by atoms with Crippen LogP contribution in [0.3, 0.4) is 0 Å². The Labute approximate surface area is 163 Å². The first-order valence-electron chi connectivity index (χ1n) is 7.95. The zero-order valence-electron chi connectivity index (χ0n) is 13.9. The lowest BCUT2D eigenvalue weighted by Gasteiger charge is -2.03. The standard InChI is InChI=1S/C18H15IN4.CO2/c1-2-15-17(19)18(21-20-15)12-7-9-14(10-8-12)23-11-13-5-3-4-6-16(13)22-23;2-1-3/h3-11H,2H2,1H3,(H,20,21);. The molecule has 0 aliphatic rings. The van der Waals surface area contributed by atoms with Crippen molar-refractivity contribution in [1.29, 1.82) is 0 Å². The summed E-state index contributed by atoms with van der Waals surface area (Å²) in [4.78, 5) is 16.2. The summed E-state index contributed by atoms with van der Waals surface area (Å²) in [6.45, 7) is 2.13. The quantitative estimate of drug-likeness (QED) is 0.471. The first-order valence-corrected chi connectivity index (χ1v) is 9.03. The fraction of sp³-hybridized carbons (Fsp3) is 0.105. The molecule has 0 aliphatic carbocycles. The van der Waals surface area contributed by atoms with Crippen molar-refractivity contribution in [2.45, 2.75) is 13.3 Å². The number of carbonyl (C=O) groups excluding carboxylic acids is 2. The first kappa shape index (κ1) is 18.0. The third-order valence-electron chi connectivity index (χ3n) is 3.95. The van der Waals surface area contributed by atoms with E-state index in [0.29, 0.717) is 0 Å². The van der Waals surface area contributed by atoms with Crippen molar-refractivity contribution in [2.75, 3.05) is 0 Å². The molecule has 0 amide bonds. The number of rotatable bonds is 3. The molecule has 1 N–H and O–H groups in total. The third-order valence-corrected chi connectivity index (χ3v) is 5.11. The molecule has 0 bridgehead atoms. The van der Waals surface area contributed by atoms with Gasteiger partial charge in [-0.3, -0.25) is 5.10 Å². The zero-order chi connectivity index (χ0) is 18.5. The molecule has 4 rings (SSSR count). The van der Waals surface area contributed by atoms with Crippen molar-refractivity contribution in [2.24, 2.45) is 0 Å². The van der Waals surface area contributed by atoms with E-state index >= 15 is 0 Å². The molecule has 2 heterocycles. The number of hydrogen-bond acceptors (Lipinski definition) is 4. The van der Waals surface area contributed by atoms with E-state index in [1.165, 1.54) is 9.26 Å². The summed E-state index contributed by atoms with van der Waals surface area (Å²) in [6, 6.07) is 16.5. The number of fused-ring (bicyclic) bond motifs is 1. The number of aromatic amines is 1. The maximum Gasteiger partial charge on any atom is 0.373 e. The SMILES string of the molecule is CCc1[nH]nc(-c2ccc(-n3cc4ccccc4n3)cc2)c1I.O=C=O. The molecule has 0 radical (unpaired) electrons. The summed E-state index contributed by atoms with van der Waals surface area (Å²) >= 11 is 2.36. The molecule has 7 heteroatoms. The molecule has 0 saturated heterocycles. The predicted molar refractivity (Wildman–Crippen MR) is 106 cm³/mol. The number of aromatic nitrogens is 4. The molecule has 130 valence electrons. The number of aryl methyl sites for hydroxylation is 1. The van der Waals surface area contributed by atoms with Crippen LogP contribution in [-0.2, 0) is 16.0 Å². The average Bonchev–Trinajstić information content (AvgIpc) is 3.26. The second-order valence-electron chi connectivity index (χ2n) is 5.48. The van der Waals surface area contributed by atoms with Gasteiger partial charge in [-0.05, 0) is 47.2 Å². The largest absolute Gasteiger partial charge is 0.373 e. The van der Waals surface area contributed by atoms with Gasteiger partial charge in [0.05, 0.1) is 14.8 Å². The summed E-state index contributed by atoms with van der Waals surface area (Å²) < 4.78 is 3.12. The molecular weight excluding hydrogens is 443 g/mol. The zero-order valence-corrected chi connectivity index (χ0v) is 16.1. The summed E-state index contributed by atoms with van der Waals surface area (Å²) in [7, 11) is 0. The Bertz CT molecular complexity index is 1030. The maximum absolute atomic E-state index is 8.12. The fourth-order valence-corrected chi connectivity index (χ4v) is 3.59. The van der Waals surface area contributed by atoms with Crippen LogP contribution in [0.1, 0.15) is 12.6 Å². The van der Waals surface area contributed by atoms with Gasteiger partial charge in [-0.25, -0.2) is 4.68 Å². The molecule has 0 fully saturated rings. The van der Waals surface area contributed by atoms with E-state index in [4.69, 9.17) is 9.59 Å². The van der Waals surface area contributed by atoms with Gasteiger partial charge >= 0.3 is 6.15 Å². The van der Waals surface area contributed by atoms with Gasteiger partial charge in [0.1, 0.15) is 5.69 Å². The van der Waals surface area contributed by atoms with Crippen molar-refractivity contribution in [1.82, 2.24) is 20.0 Å². The highest BCUT2D eigenvalue weighted by Gasteiger charge is 2.11. The summed E-state index contributed by atoms with van der Waals surface area (Å²) in [5, 5.41) is 13.3. The highest BCUT2D eigenvalue weighted by atomic mass is 127. The number of nitrogens with zero attached hydrogens (tertiary/aromatic N) is 3. The van der Waals surface area contributed by atoms with Gasteiger partial charge in [0.25, 0.3) is 0 Å². The van der Waals surface area contributed by atoms with E-state index in [9.17, 15) is 0 Å². The van der Waals surface area contributed by atoms with Gasteiger partial charge in [0.2, 0.25) is 0 Å². The molecule has 0 spiro atoms. The molecule has 2 aromatic carbocycles. The number of benzene rings is 2. The van der Waals surface area contributed by atoms with E-state index in [1.54, 1.807) is 0 Å². The first-order chi connectivity index (χ1) is 12.7. The minimum absolute atomic E-state index is 0.250. The Kier molecular flexibility index (Phi) is 5.60. The minimum Gasteiger partial charge on any atom is -0.281 e. The smallest absolute Gasteiger partial charge is 0.281 e. The number of halogens is 1. The second-order valence-corrected chi connectivity index (χ2v) is 6.56. The topological polar surface area (TPSA) is 80.6 Å². The highest BCUT2D eigenvalue weighted by Crippen LogP contribution is 2.26. The van der Waals surface area contributed by atoms with Gasteiger partial charge in [-0.15, -0.1) is 0 Å². The van der Waals surface area contributed by atoms with Gasteiger partial charge < -0.3 is 0 Å². The maximum atomic E-state index is 8.12. The van der Waals surface area contributed by atoms with Crippen LogP contribution in [0.15, 0.2) is 54.7 Å². The molecule has 4 aromatic rings. The minimum atomic E-state index is 0.250. The van der Waals surface area contributed by atoms with Gasteiger partial charge in [0, 0.05) is 22.8 Å². The van der Waals surface area contributed by atoms with Crippen LogP contribution in [0.25, 0.3) is 27.8 Å². The lowest BCUT2D eigenvalue weighted by molar-refractivity contribution is -0.191. The molecule has 6 nitrogen and oxygen atoms in total. The number of nitrogens with one attached hydrogen (secondary N) is 1. The van der Waals surface area contributed by atoms with Crippen LogP contribution in [0.2, 0.25) is 0 Å². The summed E-state index contributed by atoms with van der Waals surface area (Å²) in [5.74, 6) is 0. The van der Waals surface area contributed by atoms with Gasteiger partial charge in [0.15, 0.2) is 0 Å². The number of hydrogen-bond donors (Lipinski definition) is 1. The van der Waals surface area contributed by atoms with Crippen LogP contribution in [0.5, 0.6) is 0 Å². The van der Waals surface area contributed by atoms with Crippen LogP contribution < -0.4 is 0 Å². The van der Waals surface area contributed by atoms with Crippen molar-refractivity contribution >= 4 is 39.6 Å². The molecule has 26 heavy (non-hydrogen) atoms. The van der Waals surface area contributed by atoms with Crippen LogP contribution in [0, 0.1) is 3.57 Å². The van der Waals surface area contributed by atoms with E-state index in [-0.39, 0.29) is 6.15 Å². The van der Waals surface area contributed by atoms with Crippen LogP contribution in [0.4, 0.5) is 0 Å². The summed E-state index contributed by atoms with van der Waals surface area (Å²) in [5.41, 5.74) is 5.37. The van der Waals surface area contributed by atoms with E-state index in [0.717, 1.165) is 34.3 Å². The van der Waals surface area contributed by atoms with Crippen molar-refractivity contribution in [3.05, 3.63) is 64.0 Å². The Morgan fingerprint density at radius 1 is 1.12 bits per heavy atom. The Morgan fingerprint density at radius 2 is 1.81 bits per heavy atom. The molecule has 0 unspecified atom stereocenters. The number of H-pyrrole nitrogens is 1. The average molecular weight is 458 g/mol. The monoisotopic (exact) mass is 458 g/mol. The van der Waals surface area contributed by atoms with Crippen molar-refractivity contribution in [3.8, 4) is 16.9 Å². The van der Waals surface area contributed by atoms with Gasteiger partial charge in [-0.1, -0.05) is 37.3 Å². The Hall–Kier alpha value is -2.77. The summed E-state index contributed by atoms with van der Waals surface area (Å²) in [6.07, 6.45) is 3.26. The normalized spacial score (nSPS) is 10.2. The second kappa shape index (κ2) is 8.07. The van der Waals surface area contributed by atoms with Gasteiger partial charge in [-0.2, -0.15) is 19.8 Å². The van der Waals surface area contributed by atoms with E-state index < -0.39 is 0 Å². The lowest BCUT2D eigenvalue weighted by atomic mass is 10.1. The fourth-order valence-electron chi connectivity index (χ4n) is 2.66. The predicted octanol–water partition coefficient (Wildman–Crippen LogP) is 4.00. The molecular formula is C19H15IN4O2. The Morgan fingerprint density at radius 3 is 2.42 bits per heavy atom. The molecule has 0 aliphatic heterocycles. The van der Waals surface area contributed by atoms with Crippen molar-refractivity contribution in [3.63, 3.8) is 0 Å². The highest BCUT2D eigenvalue weighted by molar-refractivity contribution is 14.1. The Balaban J connectivity index is 0.000000613. The van der Waals surface area contributed by atoms with Crippen molar-refractivity contribution < 1.29 is 9.59 Å².